The highest BCUT2D eigenvalue weighted by Crippen LogP contribution is 2.45. The zero-order chi connectivity index (χ0) is 26.5. The molecule has 0 fully saturated rings. The van der Waals surface area contributed by atoms with Crippen LogP contribution in [0.4, 0.5) is 0 Å². The van der Waals surface area contributed by atoms with Crippen LogP contribution >= 0.6 is 0 Å². The van der Waals surface area contributed by atoms with Crippen LogP contribution in [0, 0.1) is 0 Å². The van der Waals surface area contributed by atoms with E-state index in [4.69, 9.17) is 9.73 Å². The van der Waals surface area contributed by atoms with E-state index in [-0.39, 0.29) is 5.41 Å². The Bertz CT molecular complexity index is 1420. The summed E-state index contributed by atoms with van der Waals surface area (Å²) < 4.78 is 5.41. The highest BCUT2D eigenvalue weighted by molar-refractivity contribution is 5.84. The number of rotatable bonds is 10. The van der Waals surface area contributed by atoms with E-state index in [0.717, 1.165) is 57.1 Å². The number of methoxy groups -OCH3 is 1. The molecule has 1 unspecified atom stereocenters. The molecule has 5 rings (SSSR count). The van der Waals surface area contributed by atoms with E-state index in [1.807, 2.05) is 12.3 Å². The average Bonchev–Trinajstić information content (AvgIpc) is 3.44. The Balaban J connectivity index is 1.12. The molecule has 0 saturated carbocycles. The summed E-state index contributed by atoms with van der Waals surface area (Å²) in [6, 6.07) is 13.2. The maximum atomic E-state index is 5.41. The number of allylic oxidation sites excluding steroid dienone is 5. The van der Waals surface area contributed by atoms with Gasteiger partial charge in [0.05, 0.1) is 7.11 Å². The number of aromatic amines is 1. The van der Waals surface area contributed by atoms with Crippen LogP contribution in [0.1, 0.15) is 88.0 Å². The highest BCUT2D eigenvalue weighted by atomic mass is 16.5. The van der Waals surface area contributed by atoms with E-state index >= 15 is 0 Å². The van der Waals surface area contributed by atoms with Crippen molar-refractivity contribution in [2.45, 2.75) is 84.0 Å². The normalized spacial score (nSPS) is 19.0. The van der Waals surface area contributed by atoms with Gasteiger partial charge in [-0.1, -0.05) is 55.3 Å². The minimum atomic E-state index is 0.205. The van der Waals surface area contributed by atoms with E-state index in [1.54, 1.807) is 7.11 Å². The Labute approximate surface area is 228 Å². The lowest BCUT2D eigenvalue weighted by molar-refractivity contribution is 0.415. The number of hydrogen-bond acceptors (Lipinski definition) is 2. The van der Waals surface area contributed by atoms with Gasteiger partial charge in [0.25, 0.3) is 0 Å². The molecule has 1 N–H and O–H groups in total. The second-order valence-corrected chi connectivity index (χ2v) is 11.2. The number of nitrogens with zero attached hydrogens (tertiary/aromatic N) is 1. The fraction of sp³-hybridized carbons (Fsp3) is 0.400. The molecule has 0 radical (unpaired) electrons. The van der Waals surface area contributed by atoms with E-state index in [0.29, 0.717) is 0 Å². The summed E-state index contributed by atoms with van der Waals surface area (Å²) in [6.45, 7) is 7.00. The van der Waals surface area contributed by atoms with Gasteiger partial charge >= 0.3 is 0 Å². The van der Waals surface area contributed by atoms with Gasteiger partial charge in [-0.25, -0.2) is 0 Å². The summed E-state index contributed by atoms with van der Waals surface area (Å²) in [5, 5.41) is 1.26. The van der Waals surface area contributed by atoms with Crippen molar-refractivity contribution in [1.82, 2.24) is 4.98 Å². The van der Waals surface area contributed by atoms with Gasteiger partial charge in [-0.3, -0.25) is 4.99 Å². The van der Waals surface area contributed by atoms with Crippen molar-refractivity contribution in [3.8, 4) is 5.75 Å². The summed E-state index contributed by atoms with van der Waals surface area (Å²) in [7, 11) is 1.72. The fourth-order valence-electron chi connectivity index (χ4n) is 6.17. The zero-order valence-electron chi connectivity index (χ0n) is 23.6. The van der Waals surface area contributed by atoms with Crippen LogP contribution in [0.2, 0.25) is 0 Å². The lowest BCUT2D eigenvalue weighted by atomic mass is 9.77. The molecule has 1 aliphatic carbocycles. The predicted octanol–water partition coefficient (Wildman–Crippen LogP) is 9.28. The molecule has 38 heavy (non-hydrogen) atoms. The molecule has 1 atom stereocenters. The number of aromatic nitrogens is 1. The predicted molar refractivity (Wildman–Crippen MR) is 162 cm³/mol. The Morgan fingerprint density at radius 1 is 1.03 bits per heavy atom. The first-order chi connectivity index (χ1) is 18.5. The third kappa shape index (κ3) is 5.43. The summed E-state index contributed by atoms with van der Waals surface area (Å²) in [5.41, 5.74) is 11.5. The summed E-state index contributed by atoms with van der Waals surface area (Å²) >= 11 is 0. The van der Waals surface area contributed by atoms with Crippen molar-refractivity contribution >= 4 is 23.2 Å². The summed E-state index contributed by atoms with van der Waals surface area (Å²) in [6.07, 6.45) is 21.2. The fourth-order valence-corrected chi connectivity index (χ4v) is 6.17. The van der Waals surface area contributed by atoms with Gasteiger partial charge in [0.2, 0.25) is 0 Å². The monoisotopic (exact) mass is 506 g/mol. The van der Waals surface area contributed by atoms with E-state index in [9.17, 15) is 0 Å². The van der Waals surface area contributed by atoms with Gasteiger partial charge in [0.1, 0.15) is 5.75 Å². The number of benzene rings is 2. The molecule has 1 aliphatic heterocycles. The minimum Gasteiger partial charge on any atom is -0.497 e. The van der Waals surface area contributed by atoms with Crippen molar-refractivity contribution in [1.29, 1.82) is 0 Å². The molecule has 0 saturated heterocycles. The van der Waals surface area contributed by atoms with Gasteiger partial charge in [0, 0.05) is 34.4 Å². The Morgan fingerprint density at radius 3 is 2.71 bits per heavy atom. The second-order valence-electron chi connectivity index (χ2n) is 11.2. The number of nitrogens with one attached hydrogen (secondary N) is 1. The minimum absolute atomic E-state index is 0.205. The van der Waals surface area contributed by atoms with Crippen LogP contribution in [-0.4, -0.2) is 18.3 Å². The molecular formula is C35H42N2O. The molecule has 1 aromatic heterocycles. The van der Waals surface area contributed by atoms with E-state index in [2.05, 4.69) is 80.5 Å². The van der Waals surface area contributed by atoms with Crippen LogP contribution in [-0.2, 0) is 18.3 Å². The SMILES string of the molecule is CCC1(C)C(C)=Cc2c(CCCC3=CC=NC(CCCc4c[nH]c5ccc(OC)cc45)=CCC3)cccc21. The Hall–Kier alpha value is -3.33. The molecule has 0 spiro atoms. The second kappa shape index (κ2) is 11.6. The third-order valence-electron chi connectivity index (χ3n) is 8.92. The standard InChI is InChI=1S/C35H42N2O/c1-5-35(3)25(2)22-31-27(13-9-17-33(31)35)12-6-10-26-11-7-15-29(36-21-20-26)16-8-14-28-24-37-34-19-18-30(38-4)23-32(28)34/h9,13,15,17-24,37H,5-8,10-12,14,16H2,1-4H3. The first-order valence-corrected chi connectivity index (χ1v) is 14.4. The maximum absolute atomic E-state index is 5.41. The van der Waals surface area contributed by atoms with Crippen LogP contribution < -0.4 is 4.74 Å². The molecule has 0 amide bonds. The number of aliphatic imine (C=N–C) groups is 1. The van der Waals surface area contributed by atoms with Crippen molar-refractivity contribution in [2.75, 3.05) is 7.11 Å². The molecule has 3 heteroatoms. The van der Waals surface area contributed by atoms with Gasteiger partial charge in [-0.2, -0.15) is 0 Å². The van der Waals surface area contributed by atoms with Gasteiger partial charge in [-0.05, 0) is 111 Å². The topological polar surface area (TPSA) is 37.4 Å². The first kappa shape index (κ1) is 26.3. The van der Waals surface area contributed by atoms with E-state index in [1.165, 1.54) is 56.4 Å². The van der Waals surface area contributed by atoms with Crippen LogP contribution in [0.15, 0.2) is 76.6 Å². The number of hydrogen-bond donors (Lipinski definition) is 1. The lowest BCUT2D eigenvalue weighted by Crippen LogP contribution is -2.19. The van der Waals surface area contributed by atoms with Gasteiger partial charge < -0.3 is 9.72 Å². The lowest BCUT2D eigenvalue weighted by Gasteiger charge is -2.27. The molecule has 0 bridgehead atoms. The summed E-state index contributed by atoms with van der Waals surface area (Å²) in [5.74, 6) is 0.910. The van der Waals surface area contributed by atoms with Crippen LogP contribution in [0.5, 0.6) is 5.75 Å². The maximum Gasteiger partial charge on any atom is 0.119 e. The summed E-state index contributed by atoms with van der Waals surface area (Å²) in [4.78, 5) is 8.20. The molecule has 2 aromatic carbocycles. The number of ether oxygens (including phenoxy) is 1. The first-order valence-electron chi connectivity index (χ1n) is 14.4. The molecule has 198 valence electrons. The third-order valence-corrected chi connectivity index (χ3v) is 8.92. The quantitative estimate of drug-likeness (QED) is 0.292. The molecule has 3 aromatic rings. The molecule has 3 nitrogen and oxygen atoms in total. The van der Waals surface area contributed by atoms with Crippen molar-refractivity contribution in [3.05, 3.63) is 93.8 Å². The average molecular weight is 507 g/mol. The van der Waals surface area contributed by atoms with Crippen molar-refractivity contribution in [3.63, 3.8) is 0 Å². The van der Waals surface area contributed by atoms with Crippen LogP contribution in [0.3, 0.4) is 0 Å². The van der Waals surface area contributed by atoms with Gasteiger partial charge in [-0.15, -0.1) is 0 Å². The molecule has 2 heterocycles. The largest absolute Gasteiger partial charge is 0.497 e. The Kier molecular flexibility index (Phi) is 8.02. The van der Waals surface area contributed by atoms with Crippen LogP contribution in [0.25, 0.3) is 17.0 Å². The highest BCUT2D eigenvalue weighted by Gasteiger charge is 2.33. The van der Waals surface area contributed by atoms with E-state index < -0.39 is 0 Å². The van der Waals surface area contributed by atoms with Crippen molar-refractivity contribution in [2.24, 2.45) is 4.99 Å². The van der Waals surface area contributed by atoms with Crippen molar-refractivity contribution < 1.29 is 4.74 Å². The number of aryl methyl sites for hydroxylation is 2. The van der Waals surface area contributed by atoms with Gasteiger partial charge in [0.15, 0.2) is 0 Å². The smallest absolute Gasteiger partial charge is 0.119 e. The Morgan fingerprint density at radius 2 is 1.87 bits per heavy atom. The zero-order valence-corrected chi connectivity index (χ0v) is 23.6. The number of fused-ring (bicyclic) bond motifs is 2. The number of H-pyrrole nitrogens is 1. The molecule has 2 aliphatic rings. The molecular weight excluding hydrogens is 464 g/mol.